The maximum Gasteiger partial charge on any atom is 0.0646 e. The Morgan fingerprint density at radius 3 is 2.20 bits per heavy atom. The zero-order valence-electron chi connectivity index (χ0n) is 14.6. The van der Waals surface area contributed by atoms with Gasteiger partial charge in [0.05, 0.1) is 18.8 Å². The zero-order valence-corrected chi connectivity index (χ0v) is 14.6. The minimum atomic E-state index is 0.958. The molecule has 25 heavy (non-hydrogen) atoms. The number of hydrogen-bond acceptors (Lipinski definition) is 3. The van der Waals surface area contributed by atoms with Crippen LogP contribution in [0.5, 0.6) is 0 Å². The van der Waals surface area contributed by atoms with Gasteiger partial charge in [-0.05, 0) is 41.5 Å². The second kappa shape index (κ2) is 6.98. The Balaban J connectivity index is 1.45. The van der Waals surface area contributed by atoms with Gasteiger partial charge in [-0.1, -0.05) is 54.6 Å². The molecule has 0 amide bonds. The van der Waals surface area contributed by atoms with Crippen molar-refractivity contribution in [2.75, 3.05) is 31.1 Å². The fourth-order valence-corrected chi connectivity index (χ4v) is 3.38. The molecule has 1 fully saturated rings. The Labute approximate surface area is 149 Å². The van der Waals surface area contributed by atoms with Gasteiger partial charge in [0.25, 0.3) is 0 Å². The first-order chi connectivity index (χ1) is 12.3. The molecule has 0 atom stereocenters. The van der Waals surface area contributed by atoms with E-state index in [1.54, 1.807) is 0 Å². The van der Waals surface area contributed by atoms with Gasteiger partial charge in [0.15, 0.2) is 0 Å². The van der Waals surface area contributed by atoms with Gasteiger partial charge in [0.2, 0.25) is 0 Å². The summed E-state index contributed by atoms with van der Waals surface area (Å²) in [5, 5.41) is 9.60. The zero-order chi connectivity index (χ0) is 17.1. The van der Waals surface area contributed by atoms with Crippen LogP contribution >= 0.6 is 0 Å². The number of anilines is 1. The Morgan fingerprint density at radius 1 is 0.760 bits per heavy atom. The third-order valence-electron chi connectivity index (χ3n) is 4.84. The molecule has 4 rings (SSSR count). The molecule has 1 heterocycles. The number of fused-ring (bicyclic) bond motifs is 1. The van der Waals surface area contributed by atoms with E-state index < -0.39 is 0 Å². The van der Waals surface area contributed by atoms with E-state index in [-0.39, 0.29) is 0 Å². The molecule has 0 unspecified atom stereocenters. The Kier molecular flexibility index (Phi) is 4.38. The van der Waals surface area contributed by atoms with Gasteiger partial charge >= 0.3 is 0 Å². The van der Waals surface area contributed by atoms with E-state index in [0.29, 0.717) is 0 Å². The summed E-state index contributed by atoms with van der Waals surface area (Å²) in [4.78, 5) is 2.43. The van der Waals surface area contributed by atoms with Crippen LogP contribution in [0.15, 0.2) is 77.9 Å². The van der Waals surface area contributed by atoms with Crippen LogP contribution in [0.1, 0.15) is 12.5 Å². The number of hydrazone groups is 1. The molecule has 126 valence electrons. The summed E-state index contributed by atoms with van der Waals surface area (Å²) in [7, 11) is 0. The summed E-state index contributed by atoms with van der Waals surface area (Å²) >= 11 is 0. The van der Waals surface area contributed by atoms with Crippen LogP contribution in [0.4, 0.5) is 5.69 Å². The first-order valence-corrected chi connectivity index (χ1v) is 8.89. The molecule has 1 saturated heterocycles. The molecule has 3 nitrogen and oxygen atoms in total. The van der Waals surface area contributed by atoms with Gasteiger partial charge in [0.1, 0.15) is 0 Å². The SMILES string of the molecule is CC(=NN1CCN(c2ccccc2)CC1)c1ccc2ccccc2c1. The Hall–Kier alpha value is -2.81. The summed E-state index contributed by atoms with van der Waals surface area (Å²) in [5.74, 6) is 0. The minimum Gasteiger partial charge on any atom is -0.368 e. The third kappa shape index (κ3) is 3.50. The van der Waals surface area contributed by atoms with E-state index in [2.05, 4.69) is 89.6 Å². The summed E-state index contributed by atoms with van der Waals surface area (Å²) in [6.45, 7) is 6.05. The molecule has 3 aromatic rings. The largest absolute Gasteiger partial charge is 0.368 e. The summed E-state index contributed by atoms with van der Waals surface area (Å²) in [6, 6.07) is 25.7. The maximum atomic E-state index is 4.86. The fraction of sp³-hybridized carbons (Fsp3) is 0.227. The first-order valence-electron chi connectivity index (χ1n) is 8.89. The Morgan fingerprint density at radius 2 is 1.44 bits per heavy atom. The number of hydrogen-bond donors (Lipinski definition) is 0. The van der Waals surface area contributed by atoms with Gasteiger partial charge in [-0.15, -0.1) is 0 Å². The minimum absolute atomic E-state index is 0.958. The number of benzene rings is 3. The highest BCUT2D eigenvalue weighted by atomic mass is 15.5. The van der Waals surface area contributed by atoms with Crippen LogP contribution < -0.4 is 4.90 Å². The predicted molar refractivity (Wildman–Crippen MR) is 106 cm³/mol. The summed E-state index contributed by atoms with van der Waals surface area (Å²) in [5.41, 5.74) is 3.58. The molecule has 3 heteroatoms. The van der Waals surface area contributed by atoms with Crippen LogP contribution in [0.3, 0.4) is 0 Å². The van der Waals surface area contributed by atoms with Gasteiger partial charge in [0, 0.05) is 18.8 Å². The van der Waals surface area contributed by atoms with Crippen molar-refractivity contribution in [3.63, 3.8) is 0 Å². The van der Waals surface area contributed by atoms with E-state index in [1.807, 2.05) is 0 Å². The topological polar surface area (TPSA) is 18.8 Å². The van der Waals surface area contributed by atoms with Gasteiger partial charge in [-0.25, -0.2) is 0 Å². The van der Waals surface area contributed by atoms with Crippen molar-refractivity contribution in [1.29, 1.82) is 0 Å². The van der Waals surface area contributed by atoms with Gasteiger partial charge < -0.3 is 4.90 Å². The lowest BCUT2D eigenvalue weighted by Gasteiger charge is -2.35. The number of para-hydroxylation sites is 1. The Bertz CT molecular complexity index is 878. The fourth-order valence-electron chi connectivity index (χ4n) is 3.38. The van der Waals surface area contributed by atoms with Crippen molar-refractivity contribution in [2.45, 2.75) is 6.92 Å². The summed E-state index contributed by atoms with van der Waals surface area (Å²) in [6.07, 6.45) is 0. The van der Waals surface area contributed by atoms with Crippen LogP contribution in [-0.2, 0) is 0 Å². The van der Waals surface area contributed by atoms with E-state index in [9.17, 15) is 0 Å². The molecule has 0 radical (unpaired) electrons. The molecule has 3 aromatic carbocycles. The predicted octanol–water partition coefficient (Wildman–Crippen LogP) is 4.39. The van der Waals surface area contributed by atoms with Gasteiger partial charge in [-0.3, -0.25) is 5.01 Å². The van der Waals surface area contributed by atoms with E-state index in [0.717, 1.165) is 31.9 Å². The molecule has 0 aliphatic carbocycles. The molecule has 0 spiro atoms. The van der Waals surface area contributed by atoms with Gasteiger partial charge in [-0.2, -0.15) is 5.10 Å². The first kappa shape index (κ1) is 15.7. The van der Waals surface area contributed by atoms with Crippen LogP contribution in [0.2, 0.25) is 0 Å². The highest BCUT2D eigenvalue weighted by molar-refractivity contribution is 6.01. The van der Waals surface area contributed by atoms with Crippen LogP contribution in [0, 0.1) is 0 Å². The molecular weight excluding hydrogens is 306 g/mol. The average molecular weight is 329 g/mol. The van der Waals surface area contributed by atoms with Crippen molar-refractivity contribution >= 4 is 22.2 Å². The monoisotopic (exact) mass is 329 g/mol. The van der Waals surface area contributed by atoms with Crippen molar-refractivity contribution in [3.05, 3.63) is 78.4 Å². The number of nitrogens with zero attached hydrogens (tertiary/aromatic N) is 3. The highest BCUT2D eigenvalue weighted by Gasteiger charge is 2.16. The molecular formula is C22H23N3. The molecule has 0 bridgehead atoms. The second-order valence-corrected chi connectivity index (χ2v) is 6.52. The lowest BCUT2D eigenvalue weighted by Crippen LogP contribution is -2.44. The number of piperazine rings is 1. The highest BCUT2D eigenvalue weighted by Crippen LogP contribution is 2.18. The van der Waals surface area contributed by atoms with E-state index in [1.165, 1.54) is 22.0 Å². The van der Waals surface area contributed by atoms with E-state index >= 15 is 0 Å². The van der Waals surface area contributed by atoms with Crippen molar-refractivity contribution in [1.82, 2.24) is 5.01 Å². The van der Waals surface area contributed by atoms with Crippen LogP contribution in [-0.4, -0.2) is 36.9 Å². The quantitative estimate of drug-likeness (QED) is 0.664. The standard InChI is InChI=1S/C22H23N3/c1-18(20-12-11-19-7-5-6-8-21(19)17-20)23-25-15-13-24(14-16-25)22-9-3-2-4-10-22/h2-12,17H,13-16H2,1H3. The van der Waals surface area contributed by atoms with E-state index in [4.69, 9.17) is 5.10 Å². The van der Waals surface area contributed by atoms with Crippen molar-refractivity contribution in [3.8, 4) is 0 Å². The normalized spacial score (nSPS) is 15.6. The van der Waals surface area contributed by atoms with Crippen molar-refractivity contribution in [2.24, 2.45) is 5.10 Å². The lowest BCUT2D eigenvalue weighted by molar-refractivity contribution is 0.270. The molecule has 1 aliphatic heterocycles. The maximum absolute atomic E-state index is 4.86. The smallest absolute Gasteiger partial charge is 0.0646 e. The second-order valence-electron chi connectivity index (χ2n) is 6.52. The molecule has 0 aromatic heterocycles. The summed E-state index contributed by atoms with van der Waals surface area (Å²) < 4.78 is 0. The molecule has 0 saturated carbocycles. The van der Waals surface area contributed by atoms with Crippen molar-refractivity contribution < 1.29 is 0 Å². The number of rotatable bonds is 3. The molecule has 1 aliphatic rings. The third-order valence-corrected chi connectivity index (χ3v) is 4.84. The van der Waals surface area contributed by atoms with Crippen LogP contribution in [0.25, 0.3) is 10.8 Å². The lowest BCUT2D eigenvalue weighted by atomic mass is 10.0. The molecule has 0 N–H and O–H groups in total. The average Bonchev–Trinajstić information content (AvgIpc) is 2.69.